The zero-order valence-corrected chi connectivity index (χ0v) is 12.0. The van der Waals surface area contributed by atoms with Crippen molar-refractivity contribution in [2.45, 2.75) is 18.5 Å². The Morgan fingerprint density at radius 2 is 2.20 bits per heavy atom. The Bertz CT molecular complexity index is 555. The largest absolute Gasteiger partial charge is 0.496 e. The molecule has 0 unspecified atom stereocenters. The molecule has 1 aromatic rings. The Morgan fingerprint density at radius 1 is 1.40 bits per heavy atom. The average Bonchev–Trinajstić information content (AvgIpc) is 3.01. The van der Waals surface area contributed by atoms with Crippen LogP contribution in [0, 0.1) is 0 Å². The van der Waals surface area contributed by atoms with Gasteiger partial charge in [0.25, 0.3) is 5.91 Å². The Morgan fingerprint density at radius 3 is 2.90 bits per heavy atom. The Balaban J connectivity index is 1.84. The number of hydrogen-bond acceptors (Lipinski definition) is 4. The van der Waals surface area contributed by atoms with Crippen molar-refractivity contribution in [1.29, 1.82) is 0 Å². The summed E-state index contributed by atoms with van der Waals surface area (Å²) in [6.45, 7) is 0.251. The molecule has 2 aliphatic heterocycles. The van der Waals surface area contributed by atoms with Crippen LogP contribution < -0.4 is 10.1 Å². The van der Waals surface area contributed by atoms with Gasteiger partial charge in [0.1, 0.15) is 11.3 Å². The first-order valence-electron chi connectivity index (χ1n) is 6.50. The van der Waals surface area contributed by atoms with Gasteiger partial charge in [0.2, 0.25) is 0 Å². The first kappa shape index (κ1) is 13.3. The lowest BCUT2D eigenvalue weighted by Crippen LogP contribution is -2.46. The molecular weight excluding hydrogens is 276 g/mol. The molecule has 20 heavy (non-hydrogen) atoms. The minimum atomic E-state index is -0.677. The zero-order valence-electron chi connectivity index (χ0n) is 11.2. The van der Waals surface area contributed by atoms with Crippen LogP contribution in [0.2, 0.25) is 0 Å². The SMILES string of the molecule is COc1ccccc1CN1C(=O)N[C@]2(CCSC2)C1=O. The molecule has 5 nitrogen and oxygen atoms in total. The maximum Gasteiger partial charge on any atom is 0.325 e. The minimum absolute atomic E-state index is 0.113. The molecule has 0 radical (unpaired) electrons. The molecule has 2 saturated heterocycles. The number of ether oxygens (including phenoxy) is 1. The van der Waals surface area contributed by atoms with Gasteiger partial charge in [-0.3, -0.25) is 9.69 Å². The van der Waals surface area contributed by atoms with E-state index in [1.807, 2.05) is 24.3 Å². The van der Waals surface area contributed by atoms with Crippen molar-refractivity contribution < 1.29 is 14.3 Å². The number of amides is 3. The van der Waals surface area contributed by atoms with Crippen LogP contribution in [0.3, 0.4) is 0 Å². The highest BCUT2D eigenvalue weighted by Crippen LogP contribution is 2.34. The van der Waals surface area contributed by atoms with Crippen LogP contribution in [0.4, 0.5) is 4.79 Å². The summed E-state index contributed by atoms with van der Waals surface area (Å²) in [7, 11) is 1.58. The van der Waals surface area contributed by atoms with Gasteiger partial charge in [0.05, 0.1) is 13.7 Å². The first-order chi connectivity index (χ1) is 9.66. The average molecular weight is 292 g/mol. The van der Waals surface area contributed by atoms with E-state index in [2.05, 4.69) is 5.32 Å². The number of para-hydroxylation sites is 1. The summed E-state index contributed by atoms with van der Waals surface area (Å²) in [5.41, 5.74) is 0.158. The lowest BCUT2D eigenvalue weighted by Gasteiger charge is -2.19. The third-order valence-electron chi connectivity index (χ3n) is 3.79. The highest BCUT2D eigenvalue weighted by atomic mass is 32.2. The topological polar surface area (TPSA) is 58.6 Å². The van der Waals surface area contributed by atoms with Gasteiger partial charge < -0.3 is 10.1 Å². The number of imide groups is 1. The van der Waals surface area contributed by atoms with Crippen LogP contribution in [0.1, 0.15) is 12.0 Å². The highest BCUT2D eigenvalue weighted by Gasteiger charge is 2.52. The number of hydrogen-bond donors (Lipinski definition) is 1. The number of carbonyl (C=O) groups excluding carboxylic acids is 2. The molecule has 0 aromatic heterocycles. The number of rotatable bonds is 3. The molecule has 1 N–H and O–H groups in total. The van der Waals surface area contributed by atoms with Crippen LogP contribution >= 0.6 is 11.8 Å². The Kier molecular flexibility index (Phi) is 3.33. The van der Waals surface area contributed by atoms with Gasteiger partial charge in [-0.1, -0.05) is 18.2 Å². The van der Waals surface area contributed by atoms with Crippen LogP contribution in [0.5, 0.6) is 5.75 Å². The molecule has 6 heteroatoms. The predicted octanol–water partition coefficient (Wildman–Crippen LogP) is 1.62. The quantitative estimate of drug-likeness (QED) is 0.860. The molecule has 0 bridgehead atoms. The normalized spacial score (nSPS) is 25.4. The van der Waals surface area contributed by atoms with Gasteiger partial charge in [-0.15, -0.1) is 0 Å². The number of nitrogens with one attached hydrogen (secondary N) is 1. The lowest BCUT2D eigenvalue weighted by molar-refractivity contribution is -0.130. The molecule has 2 heterocycles. The fraction of sp³-hybridized carbons (Fsp3) is 0.429. The predicted molar refractivity (Wildman–Crippen MR) is 76.7 cm³/mol. The molecule has 2 aliphatic rings. The van der Waals surface area contributed by atoms with Gasteiger partial charge in [-0.05, 0) is 18.2 Å². The third-order valence-corrected chi connectivity index (χ3v) is 4.98. The second kappa shape index (κ2) is 5.01. The van der Waals surface area contributed by atoms with E-state index in [9.17, 15) is 9.59 Å². The molecule has 1 aromatic carbocycles. The maximum absolute atomic E-state index is 12.5. The van der Waals surface area contributed by atoms with Crippen molar-refractivity contribution in [3.8, 4) is 5.75 Å². The van der Waals surface area contributed by atoms with Crippen LogP contribution in [0.15, 0.2) is 24.3 Å². The molecule has 3 rings (SSSR count). The van der Waals surface area contributed by atoms with E-state index in [0.717, 1.165) is 11.3 Å². The van der Waals surface area contributed by atoms with E-state index >= 15 is 0 Å². The molecule has 0 aliphatic carbocycles. The van der Waals surface area contributed by atoms with Crippen molar-refractivity contribution >= 4 is 23.7 Å². The number of benzene rings is 1. The fourth-order valence-corrected chi connectivity index (χ4v) is 3.98. The van der Waals surface area contributed by atoms with Crippen molar-refractivity contribution in [3.05, 3.63) is 29.8 Å². The van der Waals surface area contributed by atoms with E-state index in [0.29, 0.717) is 17.9 Å². The zero-order chi connectivity index (χ0) is 14.2. The van der Waals surface area contributed by atoms with Gasteiger partial charge >= 0.3 is 6.03 Å². The van der Waals surface area contributed by atoms with E-state index in [1.54, 1.807) is 18.9 Å². The maximum atomic E-state index is 12.5. The van der Waals surface area contributed by atoms with Crippen molar-refractivity contribution in [2.24, 2.45) is 0 Å². The summed E-state index contributed by atoms with van der Waals surface area (Å²) in [6, 6.07) is 7.13. The van der Waals surface area contributed by atoms with Gasteiger partial charge in [0, 0.05) is 11.3 Å². The molecule has 1 atom stereocenters. The van der Waals surface area contributed by atoms with E-state index in [1.165, 1.54) is 4.90 Å². The monoisotopic (exact) mass is 292 g/mol. The van der Waals surface area contributed by atoms with Crippen molar-refractivity contribution in [2.75, 3.05) is 18.6 Å². The second-order valence-electron chi connectivity index (χ2n) is 5.02. The van der Waals surface area contributed by atoms with E-state index < -0.39 is 5.54 Å². The lowest BCUT2D eigenvalue weighted by atomic mass is 9.99. The molecule has 3 amide bonds. The van der Waals surface area contributed by atoms with Gasteiger partial charge in [-0.2, -0.15) is 11.8 Å². The summed E-state index contributed by atoms with van der Waals surface area (Å²) in [5, 5.41) is 2.86. The Hall–Kier alpha value is -1.69. The van der Waals surface area contributed by atoms with Crippen LogP contribution in [-0.2, 0) is 11.3 Å². The first-order valence-corrected chi connectivity index (χ1v) is 7.65. The molecule has 1 spiro atoms. The Labute approximate surface area is 121 Å². The van der Waals surface area contributed by atoms with Crippen LogP contribution in [0.25, 0.3) is 0 Å². The summed E-state index contributed by atoms with van der Waals surface area (Å²) in [4.78, 5) is 25.9. The van der Waals surface area contributed by atoms with E-state index in [-0.39, 0.29) is 18.5 Å². The fourth-order valence-electron chi connectivity index (χ4n) is 2.66. The number of nitrogens with zero attached hydrogens (tertiary/aromatic N) is 1. The van der Waals surface area contributed by atoms with Crippen molar-refractivity contribution in [1.82, 2.24) is 10.2 Å². The summed E-state index contributed by atoms with van der Waals surface area (Å²) >= 11 is 1.71. The second-order valence-corrected chi connectivity index (χ2v) is 6.12. The minimum Gasteiger partial charge on any atom is -0.496 e. The van der Waals surface area contributed by atoms with Crippen LogP contribution in [-0.4, -0.2) is 41.0 Å². The third kappa shape index (κ3) is 2.04. The van der Waals surface area contributed by atoms with E-state index in [4.69, 9.17) is 4.74 Å². The number of carbonyl (C=O) groups is 2. The highest BCUT2D eigenvalue weighted by molar-refractivity contribution is 7.99. The molecular formula is C14H16N2O3S. The van der Waals surface area contributed by atoms with Gasteiger partial charge in [0.15, 0.2) is 0 Å². The van der Waals surface area contributed by atoms with Gasteiger partial charge in [-0.25, -0.2) is 4.79 Å². The molecule has 2 fully saturated rings. The summed E-state index contributed by atoms with van der Waals surface area (Å²) in [5.74, 6) is 2.15. The number of urea groups is 1. The molecule has 106 valence electrons. The molecule has 0 saturated carbocycles. The summed E-state index contributed by atoms with van der Waals surface area (Å²) in [6.07, 6.45) is 0.713. The standard InChI is InChI=1S/C14H16N2O3S/c1-19-11-5-3-2-4-10(11)8-16-12(17)14(15-13(16)18)6-7-20-9-14/h2-5H,6-9H2,1H3,(H,15,18)/t14-/m0/s1. The number of thioether (sulfide) groups is 1. The number of methoxy groups -OCH3 is 1. The summed E-state index contributed by atoms with van der Waals surface area (Å²) < 4.78 is 5.27. The van der Waals surface area contributed by atoms with Crippen molar-refractivity contribution in [3.63, 3.8) is 0 Å². The smallest absolute Gasteiger partial charge is 0.325 e.